The topological polar surface area (TPSA) is 84.9 Å². The Labute approximate surface area is 156 Å². The molecule has 0 amide bonds. The van der Waals surface area contributed by atoms with Crippen molar-refractivity contribution in [2.45, 2.75) is 71.3 Å². The van der Waals surface area contributed by atoms with Gasteiger partial charge in [-0.25, -0.2) is 0 Å². The van der Waals surface area contributed by atoms with Crippen LogP contribution in [0.4, 0.5) is 0 Å². The van der Waals surface area contributed by atoms with E-state index >= 15 is 0 Å². The molecule has 4 aliphatic carbocycles. The fourth-order valence-corrected chi connectivity index (χ4v) is 7.15. The van der Waals surface area contributed by atoms with Crippen LogP contribution in [-0.2, 0) is 9.63 Å². The van der Waals surface area contributed by atoms with Crippen molar-refractivity contribution < 1.29 is 14.7 Å². The van der Waals surface area contributed by atoms with Crippen LogP contribution in [0, 0.1) is 34.5 Å². The molecule has 0 aliphatic heterocycles. The number of hydrogen-bond acceptors (Lipinski definition) is 5. The monoisotopic (exact) mass is 362 g/mol. The molecule has 0 unspecified atom stereocenters. The van der Waals surface area contributed by atoms with Crippen LogP contribution >= 0.6 is 0 Å². The molecule has 146 valence electrons. The van der Waals surface area contributed by atoms with E-state index in [9.17, 15) is 9.90 Å². The van der Waals surface area contributed by atoms with Crippen LogP contribution in [0.3, 0.4) is 0 Å². The maximum absolute atomic E-state index is 12.5. The van der Waals surface area contributed by atoms with Gasteiger partial charge in [-0.3, -0.25) is 4.79 Å². The first-order valence-corrected chi connectivity index (χ1v) is 10.5. The van der Waals surface area contributed by atoms with Crippen molar-refractivity contribution in [1.29, 1.82) is 0 Å². The third kappa shape index (κ3) is 2.65. The predicted molar refractivity (Wildman–Crippen MR) is 101 cm³/mol. The van der Waals surface area contributed by atoms with Gasteiger partial charge < -0.3 is 15.7 Å². The summed E-state index contributed by atoms with van der Waals surface area (Å²) in [6.07, 6.45) is 7.38. The molecule has 5 heteroatoms. The molecule has 4 saturated carbocycles. The molecule has 4 rings (SSSR count). The Bertz CT molecular complexity index is 606. The minimum absolute atomic E-state index is 0.124. The van der Waals surface area contributed by atoms with Gasteiger partial charge in [0.25, 0.3) is 0 Å². The first-order valence-electron chi connectivity index (χ1n) is 10.5. The number of carbonyl (C=O) groups is 1. The minimum atomic E-state index is -0.292. The van der Waals surface area contributed by atoms with E-state index in [1.54, 1.807) is 0 Å². The van der Waals surface area contributed by atoms with Crippen LogP contribution in [0.1, 0.15) is 65.2 Å². The zero-order chi connectivity index (χ0) is 18.5. The van der Waals surface area contributed by atoms with E-state index in [0.29, 0.717) is 36.7 Å². The maximum Gasteiger partial charge on any atom is 0.139 e. The molecule has 3 N–H and O–H groups in total. The summed E-state index contributed by atoms with van der Waals surface area (Å²) in [6.45, 7) is 5.52. The average molecular weight is 363 g/mol. The second-order valence-electron chi connectivity index (χ2n) is 9.69. The van der Waals surface area contributed by atoms with Crippen molar-refractivity contribution in [2.75, 3.05) is 13.2 Å². The zero-order valence-electron chi connectivity index (χ0n) is 16.2. The maximum atomic E-state index is 12.5. The second kappa shape index (κ2) is 6.59. The van der Waals surface area contributed by atoms with Crippen molar-refractivity contribution >= 4 is 11.5 Å². The van der Waals surface area contributed by atoms with E-state index in [0.717, 1.165) is 57.1 Å². The summed E-state index contributed by atoms with van der Waals surface area (Å²) < 4.78 is 0. The Kier molecular flexibility index (Phi) is 4.67. The first kappa shape index (κ1) is 18.4. The van der Waals surface area contributed by atoms with Crippen molar-refractivity contribution in [3.63, 3.8) is 0 Å². The van der Waals surface area contributed by atoms with E-state index in [2.05, 4.69) is 19.0 Å². The number of carbonyl (C=O) groups excluding carboxylic acids is 1. The van der Waals surface area contributed by atoms with E-state index in [1.807, 2.05) is 0 Å². The van der Waals surface area contributed by atoms with Crippen molar-refractivity contribution in [2.24, 2.45) is 45.4 Å². The fourth-order valence-electron chi connectivity index (χ4n) is 7.15. The smallest absolute Gasteiger partial charge is 0.139 e. The van der Waals surface area contributed by atoms with Crippen molar-refractivity contribution in [3.8, 4) is 0 Å². The van der Waals surface area contributed by atoms with E-state index in [1.165, 1.54) is 0 Å². The Hall–Kier alpha value is -0.940. The number of hydrogen-bond donors (Lipinski definition) is 2. The van der Waals surface area contributed by atoms with Gasteiger partial charge in [0, 0.05) is 18.4 Å². The molecule has 4 aliphatic rings. The molecule has 5 nitrogen and oxygen atoms in total. The summed E-state index contributed by atoms with van der Waals surface area (Å²) in [7, 11) is 0. The SMILES string of the molecule is C[C@]12CC/C(=N\OCCN)C[C@H]1[C@H](O)C[C@@H]1[C@@H]2CC[C@]2(C)C(=O)CC[C@@H]12. The van der Waals surface area contributed by atoms with E-state index < -0.39 is 0 Å². The number of aliphatic hydroxyl groups excluding tert-OH is 1. The highest BCUT2D eigenvalue weighted by Gasteiger charge is 2.61. The van der Waals surface area contributed by atoms with Crippen LogP contribution < -0.4 is 5.73 Å². The van der Waals surface area contributed by atoms with Gasteiger partial charge in [0.2, 0.25) is 0 Å². The lowest BCUT2D eigenvalue weighted by atomic mass is 9.44. The Morgan fingerprint density at radius 2 is 2.00 bits per heavy atom. The second-order valence-corrected chi connectivity index (χ2v) is 9.69. The normalized spacial score (nSPS) is 49.5. The number of Topliss-reactive ketones (excluding diaryl/α,β-unsaturated/α-hetero) is 1. The van der Waals surface area contributed by atoms with Crippen LogP contribution in [0.15, 0.2) is 5.16 Å². The van der Waals surface area contributed by atoms with Gasteiger partial charge in [-0.15, -0.1) is 0 Å². The summed E-state index contributed by atoms with van der Waals surface area (Å²) in [5.41, 5.74) is 6.58. The molecule has 0 bridgehead atoms. The van der Waals surface area contributed by atoms with Gasteiger partial charge in [0.1, 0.15) is 12.4 Å². The highest BCUT2D eigenvalue weighted by molar-refractivity contribution is 5.87. The van der Waals surface area contributed by atoms with Crippen LogP contribution in [0.5, 0.6) is 0 Å². The van der Waals surface area contributed by atoms with Crippen LogP contribution in [-0.4, -0.2) is 35.9 Å². The quantitative estimate of drug-likeness (QED) is 0.597. The first-order chi connectivity index (χ1) is 12.4. The summed E-state index contributed by atoms with van der Waals surface area (Å²) >= 11 is 0. The molecule has 0 spiro atoms. The molecule has 0 aromatic heterocycles. The van der Waals surface area contributed by atoms with Crippen LogP contribution in [0.25, 0.3) is 0 Å². The molecule has 26 heavy (non-hydrogen) atoms. The summed E-state index contributed by atoms with van der Waals surface area (Å²) in [5.74, 6) is 2.34. The number of nitrogens with zero attached hydrogens (tertiary/aromatic N) is 1. The lowest BCUT2D eigenvalue weighted by Gasteiger charge is -2.60. The van der Waals surface area contributed by atoms with Gasteiger partial charge in [-0.1, -0.05) is 19.0 Å². The zero-order valence-corrected chi connectivity index (χ0v) is 16.2. The third-order valence-electron chi connectivity index (χ3n) is 8.63. The molecule has 0 saturated heterocycles. The number of rotatable bonds is 3. The fraction of sp³-hybridized carbons (Fsp3) is 0.905. The molecular weight excluding hydrogens is 328 g/mol. The van der Waals surface area contributed by atoms with Crippen LogP contribution in [0.2, 0.25) is 0 Å². The van der Waals surface area contributed by atoms with Gasteiger partial charge >= 0.3 is 0 Å². The number of oxime groups is 1. The molecule has 0 heterocycles. The highest BCUT2D eigenvalue weighted by atomic mass is 16.6. The van der Waals surface area contributed by atoms with Crippen molar-refractivity contribution in [3.05, 3.63) is 0 Å². The van der Waals surface area contributed by atoms with Gasteiger partial charge in [0.05, 0.1) is 11.8 Å². The van der Waals surface area contributed by atoms with E-state index in [-0.39, 0.29) is 22.9 Å². The number of ketones is 1. The number of nitrogens with two attached hydrogens (primary N) is 1. The predicted octanol–water partition coefficient (Wildman–Crippen LogP) is 2.90. The Morgan fingerprint density at radius 1 is 1.19 bits per heavy atom. The molecule has 7 atom stereocenters. The number of fused-ring (bicyclic) bond motifs is 5. The molecule has 0 aromatic carbocycles. The van der Waals surface area contributed by atoms with Crippen molar-refractivity contribution in [1.82, 2.24) is 0 Å². The lowest BCUT2D eigenvalue weighted by molar-refractivity contribution is -0.153. The van der Waals surface area contributed by atoms with Gasteiger partial charge in [0.15, 0.2) is 0 Å². The summed E-state index contributed by atoms with van der Waals surface area (Å²) in [5, 5.41) is 15.4. The summed E-state index contributed by atoms with van der Waals surface area (Å²) in [6, 6.07) is 0. The summed E-state index contributed by atoms with van der Waals surface area (Å²) in [4.78, 5) is 17.8. The Balaban J connectivity index is 1.56. The minimum Gasteiger partial charge on any atom is -0.395 e. The largest absolute Gasteiger partial charge is 0.395 e. The average Bonchev–Trinajstić information content (AvgIpc) is 2.92. The van der Waals surface area contributed by atoms with E-state index in [4.69, 9.17) is 10.6 Å². The molecular formula is C21H34N2O3. The highest BCUT2D eigenvalue weighted by Crippen LogP contribution is 2.65. The Morgan fingerprint density at radius 3 is 2.77 bits per heavy atom. The van der Waals surface area contributed by atoms with Gasteiger partial charge in [-0.2, -0.15) is 0 Å². The number of aliphatic hydroxyl groups is 1. The lowest BCUT2D eigenvalue weighted by Crippen LogP contribution is -2.57. The molecule has 4 fully saturated rings. The van der Waals surface area contributed by atoms with Gasteiger partial charge in [-0.05, 0) is 74.0 Å². The molecule has 0 radical (unpaired) electrons. The standard InChI is InChI=1S/C21H34N2O3/c1-20-7-5-13(23-26-10-9-22)11-17(20)18(24)12-14-15-3-4-19(25)21(15,2)8-6-16(14)20/h14-18,24H,3-12,22H2,1-2H3/b23-13+/t14-,15-,16-,17-,18+,20+,21-/m0/s1. The third-order valence-corrected chi connectivity index (χ3v) is 8.63. The molecule has 0 aromatic rings.